The van der Waals surface area contributed by atoms with Crippen molar-refractivity contribution in [2.75, 3.05) is 19.3 Å². The lowest BCUT2D eigenvalue weighted by Crippen LogP contribution is -2.43. The van der Waals surface area contributed by atoms with E-state index in [1.807, 2.05) is 0 Å². The highest BCUT2D eigenvalue weighted by atomic mass is 32.2. The second-order valence-electron chi connectivity index (χ2n) is 4.52. The molecule has 3 heteroatoms. The highest BCUT2D eigenvalue weighted by Gasteiger charge is 2.45. The molecule has 0 aliphatic carbocycles. The molecular weight excluding hydrogens is 180 g/mol. The largest absolute Gasteiger partial charge is 0.301 e. The van der Waals surface area contributed by atoms with Crippen molar-refractivity contribution in [3.63, 3.8) is 0 Å². The molecule has 0 aromatic heterocycles. The first-order valence-corrected chi connectivity index (χ1v) is 6.26. The summed E-state index contributed by atoms with van der Waals surface area (Å²) in [4.78, 5) is 2.87. The van der Waals surface area contributed by atoms with Gasteiger partial charge >= 0.3 is 0 Å². The molecule has 2 fully saturated rings. The molecule has 2 saturated heterocycles. The Bertz CT molecular complexity index is 185. The fraction of sp³-hybridized carbons (Fsp3) is 1.00. The highest BCUT2D eigenvalue weighted by molar-refractivity contribution is 8.01. The number of nitrogens with zero attached hydrogens (tertiary/aromatic N) is 1. The van der Waals surface area contributed by atoms with Crippen LogP contribution in [-0.2, 0) is 0 Å². The Balaban J connectivity index is 2.00. The lowest BCUT2D eigenvalue weighted by atomic mass is 10.1. The van der Waals surface area contributed by atoms with Crippen LogP contribution in [-0.4, -0.2) is 41.2 Å². The monoisotopic (exact) mass is 200 g/mol. The van der Waals surface area contributed by atoms with E-state index >= 15 is 0 Å². The van der Waals surface area contributed by atoms with Gasteiger partial charge in [0.05, 0.1) is 4.87 Å². The van der Waals surface area contributed by atoms with Gasteiger partial charge in [0.2, 0.25) is 0 Å². The van der Waals surface area contributed by atoms with Crippen LogP contribution in [0.5, 0.6) is 0 Å². The third-order valence-electron chi connectivity index (χ3n) is 3.40. The Labute approximate surface area is 85.4 Å². The smallest absolute Gasteiger partial charge is 0.0791 e. The van der Waals surface area contributed by atoms with E-state index in [2.05, 4.69) is 42.9 Å². The molecule has 2 aliphatic heterocycles. The van der Waals surface area contributed by atoms with Crippen LogP contribution in [0.25, 0.3) is 0 Å². The summed E-state index contributed by atoms with van der Waals surface area (Å²) in [5.41, 5.74) is 0. The van der Waals surface area contributed by atoms with E-state index in [9.17, 15) is 0 Å². The number of rotatable bonds is 1. The van der Waals surface area contributed by atoms with Crippen molar-refractivity contribution in [2.45, 2.75) is 43.6 Å². The summed E-state index contributed by atoms with van der Waals surface area (Å²) in [7, 11) is 2.24. The van der Waals surface area contributed by atoms with Gasteiger partial charge in [-0.2, -0.15) is 0 Å². The van der Waals surface area contributed by atoms with E-state index in [0.717, 1.165) is 12.1 Å². The fourth-order valence-corrected chi connectivity index (χ4v) is 4.14. The molecule has 0 aromatic carbocycles. The van der Waals surface area contributed by atoms with Gasteiger partial charge in [-0.3, -0.25) is 5.32 Å². The molecule has 1 spiro atoms. The molecule has 2 nitrogen and oxygen atoms in total. The number of hydrogen-bond donors (Lipinski definition) is 1. The highest BCUT2D eigenvalue weighted by Crippen LogP contribution is 2.40. The molecular formula is C10H20N2S. The van der Waals surface area contributed by atoms with Gasteiger partial charge in [0.15, 0.2) is 0 Å². The molecule has 0 bridgehead atoms. The van der Waals surface area contributed by atoms with Gasteiger partial charge < -0.3 is 4.90 Å². The molecule has 2 aliphatic rings. The lowest BCUT2D eigenvalue weighted by molar-refractivity contribution is 0.323. The summed E-state index contributed by atoms with van der Waals surface area (Å²) in [6.07, 6.45) is 2.58. The topological polar surface area (TPSA) is 15.3 Å². The SMILES string of the molecule is CCC1CSC2(CC(C)N(C)C2)N1. The van der Waals surface area contributed by atoms with Crippen LogP contribution in [0.4, 0.5) is 0 Å². The van der Waals surface area contributed by atoms with Gasteiger partial charge in [0, 0.05) is 24.4 Å². The van der Waals surface area contributed by atoms with Crippen LogP contribution in [0, 0.1) is 0 Å². The van der Waals surface area contributed by atoms with Crippen LogP contribution in [0.15, 0.2) is 0 Å². The van der Waals surface area contributed by atoms with E-state index in [4.69, 9.17) is 0 Å². The molecule has 0 saturated carbocycles. The third kappa shape index (κ3) is 1.74. The van der Waals surface area contributed by atoms with Crippen LogP contribution in [0.3, 0.4) is 0 Å². The molecule has 0 amide bonds. The first kappa shape index (κ1) is 9.81. The van der Waals surface area contributed by atoms with E-state index < -0.39 is 0 Å². The molecule has 13 heavy (non-hydrogen) atoms. The molecule has 3 atom stereocenters. The number of thioether (sulfide) groups is 1. The number of likely N-dealkylation sites (N-methyl/N-ethyl adjacent to an activating group) is 1. The normalized spacial score (nSPS) is 46.4. The van der Waals surface area contributed by atoms with Crippen LogP contribution >= 0.6 is 11.8 Å². The number of nitrogens with one attached hydrogen (secondary N) is 1. The van der Waals surface area contributed by atoms with Gasteiger partial charge in [-0.25, -0.2) is 0 Å². The zero-order chi connectivity index (χ0) is 9.47. The molecule has 76 valence electrons. The maximum absolute atomic E-state index is 3.80. The minimum atomic E-state index is 0.398. The summed E-state index contributed by atoms with van der Waals surface area (Å²) >= 11 is 2.14. The van der Waals surface area contributed by atoms with Crippen molar-refractivity contribution in [3.8, 4) is 0 Å². The maximum Gasteiger partial charge on any atom is 0.0791 e. The Morgan fingerprint density at radius 2 is 2.38 bits per heavy atom. The van der Waals surface area contributed by atoms with Crippen LogP contribution < -0.4 is 5.32 Å². The van der Waals surface area contributed by atoms with Crippen molar-refractivity contribution in [1.29, 1.82) is 0 Å². The number of hydrogen-bond acceptors (Lipinski definition) is 3. The number of likely N-dealkylation sites (tertiary alicyclic amines) is 1. The van der Waals surface area contributed by atoms with Crippen molar-refractivity contribution >= 4 is 11.8 Å². The summed E-state index contributed by atoms with van der Waals surface area (Å²) < 4.78 is 0. The summed E-state index contributed by atoms with van der Waals surface area (Å²) in [5, 5.41) is 3.80. The average Bonchev–Trinajstić information content (AvgIpc) is 2.59. The van der Waals surface area contributed by atoms with E-state index in [1.54, 1.807) is 0 Å². The zero-order valence-electron chi connectivity index (χ0n) is 8.84. The van der Waals surface area contributed by atoms with Gasteiger partial charge in [-0.1, -0.05) is 6.92 Å². The predicted molar refractivity (Wildman–Crippen MR) is 59.1 cm³/mol. The Hall–Kier alpha value is 0.270. The second-order valence-corrected chi connectivity index (χ2v) is 5.93. The summed E-state index contributed by atoms with van der Waals surface area (Å²) in [6.45, 7) is 5.82. The Morgan fingerprint density at radius 1 is 1.62 bits per heavy atom. The van der Waals surface area contributed by atoms with Crippen LogP contribution in [0.2, 0.25) is 0 Å². The standard InChI is InChI=1S/C10H20N2S/c1-4-9-6-13-10(11-9)5-8(2)12(3)7-10/h8-9,11H,4-7H2,1-3H3. The molecule has 3 unspecified atom stereocenters. The van der Waals surface area contributed by atoms with Gasteiger partial charge in [-0.05, 0) is 26.8 Å². The maximum atomic E-state index is 3.80. The van der Waals surface area contributed by atoms with Gasteiger partial charge in [0.25, 0.3) is 0 Å². The van der Waals surface area contributed by atoms with Gasteiger partial charge in [0.1, 0.15) is 0 Å². The van der Waals surface area contributed by atoms with E-state index in [-0.39, 0.29) is 0 Å². The zero-order valence-corrected chi connectivity index (χ0v) is 9.66. The fourth-order valence-electron chi connectivity index (χ4n) is 2.40. The second kappa shape index (κ2) is 3.44. The van der Waals surface area contributed by atoms with Crippen molar-refractivity contribution in [3.05, 3.63) is 0 Å². The quantitative estimate of drug-likeness (QED) is 0.691. The minimum Gasteiger partial charge on any atom is -0.301 e. The Kier molecular flexibility index (Phi) is 2.60. The van der Waals surface area contributed by atoms with E-state index in [1.165, 1.54) is 25.1 Å². The predicted octanol–water partition coefficient (Wildman–Crippen LogP) is 1.52. The summed E-state index contributed by atoms with van der Waals surface area (Å²) in [6, 6.07) is 1.50. The molecule has 2 rings (SSSR count). The van der Waals surface area contributed by atoms with Crippen LogP contribution in [0.1, 0.15) is 26.7 Å². The molecule has 2 heterocycles. The third-order valence-corrected chi connectivity index (χ3v) is 4.94. The minimum absolute atomic E-state index is 0.398. The molecule has 0 radical (unpaired) electrons. The Morgan fingerprint density at radius 3 is 2.85 bits per heavy atom. The molecule has 0 aromatic rings. The van der Waals surface area contributed by atoms with Crippen molar-refractivity contribution in [2.24, 2.45) is 0 Å². The first-order chi connectivity index (χ1) is 6.15. The summed E-state index contributed by atoms with van der Waals surface area (Å²) in [5.74, 6) is 1.30. The lowest BCUT2D eigenvalue weighted by Gasteiger charge is -2.23. The van der Waals surface area contributed by atoms with E-state index in [0.29, 0.717) is 4.87 Å². The molecule has 1 N–H and O–H groups in total. The van der Waals surface area contributed by atoms with Crippen molar-refractivity contribution in [1.82, 2.24) is 10.2 Å². The van der Waals surface area contributed by atoms with Gasteiger partial charge in [-0.15, -0.1) is 11.8 Å². The van der Waals surface area contributed by atoms with Crippen molar-refractivity contribution < 1.29 is 0 Å². The first-order valence-electron chi connectivity index (χ1n) is 5.27. The average molecular weight is 200 g/mol.